The molecule has 3 nitrogen and oxygen atoms in total. The topological polar surface area (TPSA) is 28.5 Å². The van der Waals surface area contributed by atoms with Crippen LogP contribution in [0, 0.1) is 5.92 Å². The van der Waals surface area contributed by atoms with Crippen molar-refractivity contribution >= 4 is 43.9 Å². The van der Waals surface area contributed by atoms with Crippen LogP contribution in [0.2, 0.25) is 5.02 Å². The zero-order valence-corrected chi connectivity index (χ0v) is 17.7. The van der Waals surface area contributed by atoms with Gasteiger partial charge in [-0.15, -0.1) is 10.5 Å². The molecule has 1 aromatic carbocycles. The fraction of sp³-hybridized carbons (Fsp3) is 0.381. The standard InChI is InChI=1S/C21H22ClN3S2/c1-27-19-17(8-5-13-23-19)20-25(21(27)15-6-3-2-4-7-15)24-18(26-20)14-9-11-16(22)12-10-14/h5,8-13,15,20H,2-4,6-7H2,1H3. The monoisotopic (exact) mass is 415 g/mol. The fourth-order valence-electron chi connectivity index (χ4n) is 4.28. The van der Waals surface area contributed by atoms with Crippen molar-refractivity contribution in [3.8, 4) is 0 Å². The van der Waals surface area contributed by atoms with E-state index in [4.69, 9.17) is 21.7 Å². The summed E-state index contributed by atoms with van der Waals surface area (Å²) in [5.74, 6) is 0.638. The van der Waals surface area contributed by atoms with Crippen molar-refractivity contribution in [3.63, 3.8) is 0 Å². The van der Waals surface area contributed by atoms with Gasteiger partial charge in [-0.25, -0.2) is 9.99 Å². The molecule has 1 saturated carbocycles. The number of rotatable bonds is 2. The highest BCUT2D eigenvalue weighted by molar-refractivity contribution is 8.16. The third kappa shape index (κ3) is 3.14. The summed E-state index contributed by atoms with van der Waals surface area (Å²) in [6.07, 6.45) is 10.9. The van der Waals surface area contributed by atoms with Crippen molar-refractivity contribution < 1.29 is 0 Å². The predicted molar refractivity (Wildman–Crippen MR) is 118 cm³/mol. The average Bonchev–Trinajstić information content (AvgIpc) is 3.15. The highest BCUT2D eigenvalue weighted by Crippen LogP contribution is 2.51. The van der Waals surface area contributed by atoms with Gasteiger partial charge < -0.3 is 0 Å². The molecule has 0 radical (unpaired) electrons. The molecule has 0 saturated heterocycles. The molecule has 1 aliphatic carbocycles. The van der Waals surface area contributed by atoms with Gasteiger partial charge in [0.15, 0.2) is 0 Å². The summed E-state index contributed by atoms with van der Waals surface area (Å²) in [5.41, 5.74) is 2.46. The highest BCUT2D eigenvalue weighted by Gasteiger charge is 2.40. The number of benzene rings is 1. The molecule has 1 aromatic heterocycles. The molecule has 0 bridgehead atoms. The van der Waals surface area contributed by atoms with E-state index in [0.29, 0.717) is 5.92 Å². The van der Waals surface area contributed by atoms with Gasteiger partial charge in [0.2, 0.25) is 0 Å². The summed E-state index contributed by atoms with van der Waals surface area (Å²) in [5, 5.41) is 10.8. The Labute approximate surface area is 172 Å². The van der Waals surface area contributed by atoms with Crippen molar-refractivity contribution in [2.75, 3.05) is 6.26 Å². The van der Waals surface area contributed by atoms with Gasteiger partial charge in [-0.2, -0.15) is 5.10 Å². The van der Waals surface area contributed by atoms with E-state index >= 15 is 0 Å². The van der Waals surface area contributed by atoms with Gasteiger partial charge >= 0.3 is 0 Å². The lowest BCUT2D eigenvalue weighted by Gasteiger charge is -2.38. The molecular formula is C21H22ClN3S2. The Morgan fingerprint density at radius 2 is 1.89 bits per heavy atom. The largest absolute Gasteiger partial charge is 0.250 e. The Hall–Kier alpha value is -1.30. The third-order valence-electron chi connectivity index (χ3n) is 5.59. The Morgan fingerprint density at radius 3 is 2.67 bits per heavy atom. The van der Waals surface area contributed by atoms with Crippen molar-refractivity contribution in [1.82, 2.24) is 9.99 Å². The van der Waals surface area contributed by atoms with Crippen LogP contribution in [0.15, 0.2) is 52.7 Å². The van der Waals surface area contributed by atoms with Gasteiger partial charge in [-0.3, -0.25) is 0 Å². The molecule has 3 aliphatic rings. The van der Waals surface area contributed by atoms with Gasteiger partial charge in [-0.05, 0) is 37.3 Å². The van der Waals surface area contributed by atoms with Crippen LogP contribution in [0.25, 0.3) is 0 Å². The maximum atomic E-state index is 6.08. The lowest BCUT2D eigenvalue weighted by atomic mass is 9.89. The van der Waals surface area contributed by atoms with E-state index in [-0.39, 0.29) is 15.9 Å². The second kappa shape index (κ2) is 7.26. The van der Waals surface area contributed by atoms with Crippen molar-refractivity contribution in [2.24, 2.45) is 11.0 Å². The van der Waals surface area contributed by atoms with Gasteiger partial charge in [0, 0.05) is 28.3 Å². The molecule has 0 amide bonds. The molecule has 6 heteroatoms. The Bertz CT molecular complexity index is 933. The van der Waals surface area contributed by atoms with Crippen LogP contribution in [-0.2, 0) is 0 Å². The number of nitrogens with zero attached hydrogens (tertiary/aromatic N) is 3. The van der Waals surface area contributed by atoms with Crippen LogP contribution < -0.4 is 0 Å². The zero-order chi connectivity index (χ0) is 18.4. The maximum absolute atomic E-state index is 6.08. The second-order valence-electron chi connectivity index (χ2n) is 7.31. The number of fused-ring (bicyclic) bond motifs is 3. The minimum absolute atomic E-state index is 0.00383. The first-order valence-corrected chi connectivity index (χ1v) is 12.4. The molecule has 0 spiro atoms. The Morgan fingerprint density at radius 1 is 1.11 bits per heavy atom. The fourth-order valence-corrected chi connectivity index (χ4v) is 7.86. The molecule has 27 heavy (non-hydrogen) atoms. The lowest BCUT2D eigenvalue weighted by Crippen LogP contribution is -2.36. The van der Waals surface area contributed by atoms with Crippen LogP contribution in [0.1, 0.15) is 48.6 Å². The molecule has 2 atom stereocenters. The van der Waals surface area contributed by atoms with Crippen molar-refractivity contribution in [2.45, 2.75) is 42.5 Å². The maximum Gasteiger partial charge on any atom is 0.132 e. The minimum atomic E-state index is 0.00383. The molecule has 2 unspecified atom stereocenters. The minimum Gasteiger partial charge on any atom is -0.250 e. The molecule has 0 N–H and O–H groups in total. The summed E-state index contributed by atoms with van der Waals surface area (Å²) in [6.45, 7) is 0. The normalized spacial score (nSPS) is 25.2. The number of thioether (sulfide) groups is 1. The first-order valence-electron chi connectivity index (χ1n) is 9.50. The highest BCUT2D eigenvalue weighted by atomic mass is 35.5. The number of halogens is 1. The Kier molecular flexibility index (Phi) is 4.78. The second-order valence-corrected chi connectivity index (χ2v) is 10.6. The molecule has 2 aromatic rings. The van der Waals surface area contributed by atoms with E-state index in [1.54, 1.807) is 0 Å². The first kappa shape index (κ1) is 17.8. The van der Waals surface area contributed by atoms with Crippen LogP contribution in [0.5, 0.6) is 0 Å². The van der Waals surface area contributed by atoms with E-state index < -0.39 is 0 Å². The van der Waals surface area contributed by atoms with Crippen molar-refractivity contribution in [1.29, 1.82) is 0 Å². The van der Waals surface area contributed by atoms with Gasteiger partial charge in [0.25, 0.3) is 0 Å². The van der Waals surface area contributed by atoms with Gasteiger partial charge in [0.05, 0.1) is 10.0 Å². The van der Waals surface area contributed by atoms with E-state index in [1.807, 2.05) is 30.1 Å². The quantitative estimate of drug-likeness (QED) is 0.552. The number of hydrogen-bond acceptors (Lipinski definition) is 4. The van der Waals surface area contributed by atoms with E-state index in [1.165, 1.54) is 47.7 Å². The zero-order valence-electron chi connectivity index (χ0n) is 15.3. The van der Waals surface area contributed by atoms with E-state index in [2.05, 4.69) is 35.5 Å². The smallest absolute Gasteiger partial charge is 0.132 e. The third-order valence-corrected chi connectivity index (χ3v) is 9.12. The number of hydrazone groups is 1. The SMILES string of the molecule is CS1=C(C2CCCCC2)N2N=C(c3ccc(Cl)cc3)SC2c2cccnc21. The number of pyridine rings is 1. The molecule has 1 fully saturated rings. The number of aromatic nitrogens is 1. The summed E-state index contributed by atoms with van der Waals surface area (Å²) >= 11 is 7.93. The van der Waals surface area contributed by atoms with Crippen LogP contribution in [0.4, 0.5) is 0 Å². The summed E-state index contributed by atoms with van der Waals surface area (Å²) in [4.78, 5) is 6.30. The van der Waals surface area contributed by atoms with Crippen LogP contribution in [-0.4, -0.2) is 26.3 Å². The lowest BCUT2D eigenvalue weighted by molar-refractivity contribution is 0.365. The van der Waals surface area contributed by atoms with Gasteiger partial charge in [0.1, 0.15) is 10.4 Å². The summed E-state index contributed by atoms with van der Waals surface area (Å²) in [6, 6.07) is 12.3. The Balaban J connectivity index is 1.61. The van der Waals surface area contributed by atoms with Crippen LogP contribution in [0.3, 0.4) is 0 Å². The summed E-state index contributed by atoms with van der Waals surface area (Å²) < 4.78 is 0. The molecular weight excluding hydrogens is 394 g/mol. The average molecular weight is 416 g/mol. The van der Waals surface area contributed by atoms with Crippen LogP contribution >= 0.6 is 33.8 Å². The molecule has 3 heterocycles. The molecule has 140 valence electrons. The van der Waals surface area contributed by atoms with E-state index in [9.17, 15) is 0 Å². The predicted octanol–water partition coefficient (Wildman–Crippen LogP) is 6.13. The van der Waals surface area contributed by atoms with E-state index in [0.717, 1.165) is 15.6 Å². The molecule has 5 rings (SSSR count). The molecule has 2 aliphatic heterocycles. The van der Waals surface area contributed by atoms with Gasteiger partial charge in [-0.1, -0.05) is 60.8 Å². The van der Waals surface area contributed by atoms with Crippen molar-refractivity contribution in [3.05, 3.63) is 58.7 Å². The number of hydrogen-bond donors (Lipinski definition) is 0. The summed E-state index contributed by atoms with van der Waals surface area (Å²) in [7, 11) is 0.00383. The first-order chi connectivity index (χ1) is 13.2.